The van der Waals surface area contributed by atoms with Crippen LogP contribution >= 0.6 is 0 Å². The summed E-state index contributed by atoms with van der Waals surface area (Å²) in [6, 6.07) is 10.3. The molecule has 3 amide bonds. The molecule has 0 unspecified atom stereocenters. The van der Waals surface area contributed by atoms with Crippen LogP contribution in [0.3, 0.4) is 0 Å². The minimum atomic E-state index is -0.399. The highest BCUT2D eigenvalue weighted by Gasteiger charge is 2.35. The van der Waals surface area contributed by atoms with Crippen molar-refractivity contribution in [2.24, 2.45) is 13.0 Å². The second kappa shape index (κ2) is 11.0. The van der Waals surface area contributed by atoms with Crippen LogP contribution in [0.25, 0.3) is 0 Å². The summed E-state index contributed by atoms with van der Waals surface area (Å²) in [5, 5.41) is 2.86. The molecule has 1 aliphatic carbocycles. The van der Waals surface area contributed by atoms with E-state index in [2.05, 4.69) is 19.2 Å². The summed E-state index contributed by atoms with van der Waals surface area (Å²) < 4.78 is 6.99. The second-order valence-corrected chi connectivity index (χ2v) is 8.87. The van der Waals surface area contributed by atoms with Gasteiger partial charge in [-0.3, -0.25) is 4.79 Å². The first-order valence-corrected chi connectivity index (χ1v) is 11.5. The first-order chi connectivity index (χ1) is 15.8. The average molecular weight is 455 g/mol. The van der Waals surface area contributed by atoms with Crippen molar-refractivity contribution in [2.75, 3.05) is 25.0 Å². The molecule has 1 aromatic heterocycles. The molecule has 1 saturated carbocycles. The Labute approximate surface area is 195 Å². The van der Waals surface area contributed by atoms with E-state index in [4.69, 9.17) is 4.74 Å². The molecule has 8 nitrogen and oxygen atoms in total. The Hall–Kier alpha value is -3.29. The van der Waals surface area contributed by atoms with Crippen LogP contribution in [0.5, 0.6) is 0 Å². The predicted molar refractivity (Wildman–Crippen MR) is 127 cm³/mol. The summed E-state index contributed by atoms with van der Waals surface area (Å²) >= 11 is 0. The van der Waals surface area contributed by atoms with Gasteiger partial charge in [-0.25, -0.2) is 9.59 Å². The predicted octanol–water partition coefficient (Wildman–Crippen LogP) is 3.88. The van der Waals surface area contributed by atoms with Crippen LogP contribution in [0.15, 0.2) is 42.6 Å². The molecule has 3 rings (SSSR count). The quantitative estimate of drug-likeness (QED) is 0.552. The zero-order chi connectivity index (χ0) is 24.0. The number of hydrogen-bond donors (Lipinski definition) is 1. The molecule has 1 aromatic carbocycles. The number of carbonyl (C=O) groups is 3. The summed E-state index contributed by atoms with van der Waals surface area (Å²) in [5.41, 5.74) is 2.04. The lowest BCUT2D eigenvalue weighted by Gasteiger charge is -2.29. The van der Waals surface area contributed by atoms with E-state index in [1.807, 2.05) is 34.8 Å². The molecule has 0 bridgehead atoms. The summed E-state index contributed by atoms with van der Waals surface area (Å²) in [5.74, 6) is -0.149. The van der Waals surface area contributed by atoms with Gasteiger partial charge in [0.1, 0.15) is 6.54 Å². The van der Waals surface area contributed by atoms with Gasteiger partial charge in [-0.1, -0.05) is 13.8 Å². The van der Waals surface area contributed by atoms with Crippen LogP contribution in [0.4, 0.5) is 10.5 Å². The molecule has 0 saturated heterocycles. The Morgan fingerprint density at radius 3 is 2.39 bits per heavy atom. The molecule has 1 heterocycles. The standard InChI is InChI=1S/C25H34N4O4/c1-5-33-24(31)19-8-10-20(11-9-19)26-25(32)29(21-12-13-21)17-23(30)28(15-18(2)3)16-22-7-6-14-27(22)4/h6-11,14,18,21H,5,12-13,15-17H2,1-4H3,(H,26,32). The fourth-order valence-electron chi connectivity index (χ4n) is 3.65. The SMILES string of the molecule is CCOC(=O)c1ccc(NC(=O)N(CC(=O)N(Cc2cccn2C)CC(C)C)C2CC2)cc1. The van der Waals surface area contributed by atoms with E-state index in [-0.39, 0.29) is 24.5 Å². The van der Waals surface area contributed by atoms with Gasteiger partial charge in [0.25, 0.3) is 0 Å². The fourth-order valence-corrected chi connectivity index (χ4v) is 3.65. The first kappa shape index (κ1) is 24.4. The molecule has 8 heteroatoms. The van der Waals surface area contributed by atoms with E-state index in [0.717, 1.165) is 18.5 Å². The van der Waals surface area contributed by atoms with Crippen LogP contribution in [-0.4, -0.2) is 58.0 Å². The number of anilines is 1. The molecule has 1 aliphatic rings. The number of amides is 3. The zero-order valence-corrected chi connectivity index (χ0v) is 19.9. The average Bonchev–Trinajstić information content (AvgIpc) is 3.53. The lowest BCUT2D eigenvalue weighted by atomic mass is 10.2. The lowest BCUT2D eigenvalue weighted by molar-refractivity contribution is -0.133. The highest BCUT2D eigenvalue weighted by Crippen LogP contribution is 2.28. The number of nitrogens with zero attached hydrogens (tertiary/aromatic N) is 3. The van der Waals surface area contributed by atoms with Crippen molar-refractivity contribution in [3.8, 4) is 0 Å². The zero-order valence-electron chi connectivity index (χ0n) is 19.9. The minimum absolute atomic E-state index is 0.0363. The van der Waals surface area contributed by atoms with Crippen molar-refractivity contribution in [1.82, 2.24) is 14.4 Å². The Balaban J connectivity index is 1.66. The number of nitrogens with one attached hydrogen (secondary N) is 1. The van der Waals surface area contributed by atoms with Gasteiger partial charge < -0.3 is 24.4 Å². The van der Waals surface area contributed by atoms with E-state index in [9.17, 15) is 14.4 Å². The number of rotatable bonds is 10. The minimum Gasteiger partial charge on any atom is -0.462 e. The van der Waals surface area contributed by atoms with E-state index in [0.29, 0.717) is 36.9 Å². The van der Waals surface area contributed by atoms with Crippen molar-refractivity contribution in [2.45, 2.75) is 46.2 Å². The van der Waals surface area contributed by atoms with Crippen molar-refractivity contribution in [1.29, 1.82) is 0 Å². The van der Waals surface area contributed by atoms with Gasteiger partial charge >= 0.3 is 12.0 Å². The summed E-state index contributed by atoms with van der Waals surface area (Å²) in [6.45, 7) is 7.39. The highest BCUT2D eigenvalue weighted by atomic mass is 16.5. The number of benzene rings is 1. The third-order valence-corrected chi connectivity index (χ3v) is 5.54. The molecule has 33 heavy (non-hydrogen) atoms. The number of carbonyl (C=O) groups excluding carboxylic acids is 3. The number of ether oxygens (including phenoxy) is 1. The van der Waals surface area contributed by atoms with Gasteiger partial charge in [0.2, 0.25) is 5.91 Å². The highest BCUT2D eigenvalue weighted by molar-refractivity contribution is 5.94. The van der Waals surface area contributed by atoms with Crippen LogP contribution in [0, 0.1) is 5.92 Å². The van der Waals surface area contributed by atoms with Gasteiger partial charge in [-0.15, -0.1) is 0 Å². The largest absolute Gasteiger partial charge is 0.462 e. The van der Waals surface area contributed by atoms with Crippen molar-refractivity contribution in [3.05, 3.63) is 53.9 Å². The summed E-state index contributed by atoms with van der Waals surface area (Å²) in [6.07, 6.45) is 3.75. The molecule has 1 N–H and O–H groups in total. The van der Waals surface area contributed by atoms with E-state index >= 15 is 0 Å². The molecular formula is C25H34N4O4. The Bertz CT molecular complexity index is 963. The molecule has 0 aliphatic heterocycles. The molecule has 1 fully saturated rings. The molecule has 0 spiro atoms. The van der Waals surface area contributed by atoms with Gasteiger partial charge in [0.05, 0.1) is 18.7 Å². The lowest BCUT2D eigenvalue weighted by Crippen LogP contribution is -2.46. The topological polar surface area (TPSA) is 83.9 Å². The molecule has 0 atom stereocenters. The molecule has 178 valence electrons. The Morgan fingerprint density at radius 1 is 1.15 bits per heavy atom. The number of esters is 1. The maximum atomic E-state index is 13.2. The maximum Gasteiger partial charge on any atom is 0.338 e. The summed E-state index contributed by atoms with van der Waals surface area (Å²) in [7, 11) is 1.96. The van der Waals surface area contributed by atoms with Gasteiger partial charge in [0, 0.05) is 37.2 Å². The van der Waals surface area contributed by atoms with Crippen LogP contribution < -0.4 is 5.32 Å². The Morgan fingerprint density at radius 2 is 1.85 bits per heavy atom. The third-order valence-electron chi connectivity index (χ3n) is 5.54. The first-order valence-electron chi connectivity index (χ1n) is 11.5. The van der Waals surface area contributed by atoms with Crippen molar-refractivity contribution < 1.29 is 19.1 Å². The molecule has 0 radical (unpaired) electrons. The van der Waals surface area contributed by atoms with Crippen LogP contribution in [0.1, 0.15) is 49.7 Å². The molecular weight excluding hydrogens is 420 g/mol. The number of aromatic nitrogens is 1. The Kier molecular flexibility index (Phi) is 8.14. The summed E-state index contributed by atoms with van der Waals surface area (Å²) in [4.78, 5) is 41.5. The maximum absolute atomic E-state index is 13.2. The van der Waals surface area contributed by atoms with Gasteiger partial charge in [-0.05, 0) is 62.1 Å². The van der Waals surface area contributed by atoms with Crippen molar-refractivity contribution >= 4 is 23.6 Å². The van der Waals surface area contributed by atoms with Gasteiger partial charge in [0.15, 0.2) is 0 Å². The number of urea groups is 1. The van der Waals surface area contributed by atoms with Crippen molar-refractivity contribution in [3.63, 3.8) is 0 Å². The second-order valence-electron chi connectivity index (χ2n) is 8.87. The van der Waals surface area contributed by atoms with E-state index in [1.165, 1.54) is 0 Å². The monoisotopic (exact) mass is 454 g/mol. The normalized spacial score (nSPS) is 13.0. The van der Waals surface area contributed by atoms with Crippen LogP contribution in [0.2, 0.25) is 0 Å². The molecule has 2 aromatic rings. The van der Waals surface area contributed by atoms with Gasteiger partial charge in [-0.2, -0.15) is 0 Å². The smallest absolute Gasteiger partial charge is 0.338 e. The third kappa shape index (κ3) is 6.84. The van der Waals surface area contributed by atoms with E-state index < -0.39 is 5.97 Å². The number of hydrogen-bond acceptors (Lipinski definition) is 4. The fraction of sp³-hybridized carbons (Fsp3) is 0.480. The number of aryl methyl sites for hydroxylation is 1. The van der Waals surface area contributed by atoms with Crippen LogP contribution in [-0.2, 0) is 23.1 Å². The van der Waals surface area contributed by atoms with E-state index in [1.54, 1.807) is 36.1 Å².